The Balaban J connectivity index is 1.26. The van der Waals surface area contributed by atoms with Gasteiger partial charge in [0.25, 0.3) is 0 Å². The van der Waals surface area contributed by atoms with Gasteiger partial charge >= 0.3 is 0 Å². The van der Waals surface area contributed by atoms with Gasteiger partial charge in [-0.05, 0) is 72.6 Å². The summed E-state index contributed by atoms with van der Waals surface area (Å²) in [6, 6.07) is 25.0. The number of carbonyl (C=O) groups excluding carboxylic acids is 1. The van der Waals surface area contributed by atoms with Crippen molar-refractivity contribution in [2.45, 2.75) is 63.5 Å². The highest BCUT2D eigenvalue weighted by molar-refractivity contribution is 5.95. The molecular formula is C28H32N2O. The molecule has 1 saturated carbocycles. The number of anilines is 1. The van der Waals surface area contributed by atoms with Crippen LogP contribution in [0.2, 0.25) is 0 Å². The summed E-state index contributed by atoms with van der Waals surface area (Å²) in [5, 5.41) is 6.60. The zero-order valence-electron chi connectivity index (χ0n) is 18.4. The molecule has 0 radical (unpaired) electrons. The van der Waals surface area contributed by atoms with Crippen molar-refractivity contribution < 1.29 is 4.79 Å². The van der Waals surface area contributed by atoms with Crippen LogP contribution < -0.4 is 10.2 Å². The number of rotatable bonds is 5. The highest BCUT2D eigenvalue weighted by Crippen LogP contribution is 2.35. The molecule has 31 heavy (non-hydrogen) atoms. The number of nitrogens with one attached hydrogen (secondary N) is 1. The summed E-state index contributed by atoms with van der Waals surface area (Å²) >= 11 is 0. The number of fused-ring (bicyclic) bond motifs is 1. The van der Waals surface area contributed by atoms with Crippen molar-refractivity contribution in [1.29, 1.82) is 0 Å². The van der Waals surface area contributed by atoms with Gasteiger partial charge in [-0.2, -0.15) is 0 Å². The Hall–Kier alpha value is -2.65. The zero-order valence-corrected chi connectivity index (χ0v) is 18.4. The monoisotopic (exact) mass is 412 g/mol. The fourth-order valence-electron chi connectivity index (χ4n) is 5.56. The van der Waals surface area contributed by atoms with E-state index in [2.05, 4.69) is 79.0 Å². The van der Waals surface area contributed by atoms with Crippen molar-refractivity contribution in [1.82, 2.24) is 5.32 Å². The second-order valence-corrected chi connectivity index (χ2v) is 9.26. The first-order chi connectivity index (χ1) is 15.2. The lowest BCUT2D eigenvalue weighted by Crippen LogP contribution is -2.35. The molecule has 1 heterocycles. The smallest absolute Gasteiger partial charge is 0.227 e. The molecule has 2 aliphatic rings. The first-order valence-electron chi connectivity index (χ1n) is 11.8. The summed E-state index contributed by atoms with van der Waals surface area (Å²) < 4.78 is 0. The number of amides is 1. The SMILES string of the molecule is C[C@@H](N[C@H]1CCC[C@H](c2ccc(N3CCCC3=O)cc2)C1)c1cccc2ccccc12. The molecule has 3 heteroatoms. The molecule has 3 aromatic carbocycles. The quantitative estimate of drug-likeness (QED) is 0.530. The summed E-state index contributed by atoms with van der Waals surface area (Å²) in [4.78, 5) is 14.0. The number of benzene rings is 3. The highest BCUT2D eigenvalue weighted by Gasteiger charge is 2.26. The van der Waals surface area contributed by atoms with Crippen LogP contribution in [-0.4, -0.2) is 18.5 Å². The van der Waals surface area contributed by atoms with E-state index in [1.54, 1.807) is 0 Å². The van der Waals surface area contributed by atoms with Crippen LogP contribution in [0.15, 0.2) is 66.7 Å². The average molecular weight is 413 g/mol. The van der Waals surface area contributed by atoms with Crippen LogP contribution in [-0.2, 0) is 4.79 Å². The van der Waals surface area contributed by atoms with E-state index in [1.165, 1.54) is 47.6 Å². The lowest BCUT2D eigenvalue weighted by Gasteiger charge is -2.33. The molecule has 2 fully saturated rings. The molecule has 160 valence electrons. The zero-order chi connectivity index (χ0) is 21.2. The van der Waals surface area contributed by atoms with Crippen molar-refractivity contribution in [3.63, 3.8) is 0 Å². The van der Waals surface area contributed by atoms with E-state index < -0.39 is 0 Å². The minimum Gasteiger partial charge on any atom is -0.312 e. The van der Waals surface area contributed by atoms with Crippen LogP contribution >= 0.6 is 0 Å². The molecular weight excluding hydrogens is 380 g/mol. The Morgan fingerprint density at radius 3 is 2.55 bits per heavy atom. The summed E-state index contributed by atoms with van der Waals surface area (Å²) in [7, 11) is 0. The Bertz CT molecular complexity index is 1050. The fourth-order valence-corrected chi connectivity index (χ4v) is 5.56. The van der Waals surface area contributed by atoms with Crippen molar-refractivity contribution in [3.8, 4) is 0 Å². The summed E-state index contributed by atoms with van der Waals surface area (Å²) in [5.41, 5.74) is 3.86. The first kappa shape index (κ1) is 20.3. The van der Waals surface area contributed by atoms with Crippen molar-refractivity contribution in [3.05, 3.63) is 77.9 Å². The van der Waals surface area contributed by atoms with Gasteiger partial charge in [-0.15, -0.1) is 0 Å². The van der Waals surface area contributed by atoms with Gasteiger partial charge in [0, 0.05) is 30.7 Å². The molecule has 0 spiro atoms. The number of nitrogens with zero attached hydrogens (tertiary/aromatic N) is 1. The second-order valence-electron chi connectivity index (χ2n) is 9.26. The highest BCUT2D eigenvalue weighted by atomic mass is 16.2. The fraction of sp³-hybridized carbons (Fsp3) is 0.393. The maximum absolute atomic E-state index is 12.0. The van der Waals surface area contributed by atoms with Gasteiger partial charge < -0.3 is 10.2 Å². The standard InChI is InChI=1S/C28H32N2O/c1-20(26-12-5-8-22-7-2-3-11-27(22)26)29-24-10-4-9-23(19-24)21-14-16-25(17-15-21)30-18-6-13-28(30)31/h2-3,5,7-8,11-12,14-17,20,23-24,29H,4,6,9-10,13,18-19H2,1H3/t20-,23+,24+/m1/s1. The minimum absolute atomic E-state index is 0.261. The predicted octanol–water partition coefficient (Wildman–Crippen LogP) is 6.34. The summed E-state index contributed by atoms with van der Waals surface area (Å²) in [6.45, 7) is 3.16. The molecule has 3 aromatic rings. The van der Waals surface area contributed by atoms with E-state index in [-0.39, 0.29) is 5.91 Å². The van der Waals surface area contributed by atoms with Crippen LogP contribution in [0.3, 0.4) is 0 Å². The second kappa shape index (κ2) is 8.84. The third kappa shape index (κ3) is 4.24. The van der Waals surface area contributed by atoms with Gasteiger partial charge in [0.05, 0.1) is 0 Å². The minimum atomic E-state index is 0.261. The molecule has 1 saturated heterocycles. The van der Waals surface area contributed by atoms with Crippen LogP contribution in [0.25, 0.3) is 10.8 Å². The van der Waals surface area contributed by atoms with Gasteiger partial charge in [0.15, 0.2) is 0 Å². The number of carbonyl (C=O) groups is 1. The van der Waals surface area contributed by atoms with Gasteiger partial charge in [-0.25, -0.2) is 0 Å². The van der Waals surface area contributed by atoms with Gasteiger partial charge in [0.1, 0.15) is 0 Å². The molecule has 1 aliphatic carbocycles. The van der Waals surface area contributed by atoms with Gasteiger partial charge in [-0.3, -0.25) is 4.79 Å². The van der Waals surface area contributed by atoms with Crippen molar-refractivity contribution in [2.75, 3.05) is 11.4 Å². The van der Waals surface area contributed by atoms with Gasteiger partial charge in [0.2, 0.25) is 5.91 Å². The summed E-state index contributed by atoms with van der Waals surface area (Å²) in [6.07, 6.45) is 6.60. The predicted molar refractivity (Wildman–Crippen MR) is 129 cm³/mol. The molecule has 0 unspecified atom stereocenters. The lowest BCUT2D eigenvalue weighted by atomic mass is 9.81. The topological polar surface area (TPSA) is 32.3 Å². The number of hydrogen-bond donors (Lipinski definition) is 1. The molecule has 0 bridgehead atoms. The molecule has 3 nitrogen and oxygen atoms in total. The van der Waals surface area contributed by atoms with E-state index >= 15 is 0 Å². The van der Waals surface area contributed by atoms with Crippen LogP contribution in [0.1, 0.15) is 68.5 Å². The van der Waals surface area contributed by atoms with E-state index in [4.69, 9.17) is 0 Å². The maximum Gasteiger partial charge on any atom is 0.227 e. The Morgan fingerprint density at radius 2 is 1.74 bits per heavy atom. The largest absolute Gasteiger partial charge is 0.312 e. The summed E-state index contributed by atoms with van der Waals surface area (Å²) in [5.74, 6) is 0.853. The lowest BCUT2D eigenvalue weighted by molar-refractivity contribution is -0.117. The van der Waals surface area contributed by atoms with E-state index in [0.29, 0.717) is 24.4 Å². The van der Waals surface area contributed by atoms with Crippen LogP contribution in [0, 0.1) is 0 Å². The molecule has 1 N–H and O–H groups in total. The Labute approximate surface area is 185 Å². The third-order valence-corrected chi connectivity index (χ3v) is 7.20. The van der Waals surface area contributed by atoms with E-state index in [0.717, 1.165) is 18.7 Å². The van der Waals surface area contributed by atoms with E-state index in [9.17, 15) is 4.79 Å². The van der Waals surface area contributed by atoms with Crippen molar-refractivity contribution in [2.24, 2.45) is 0 Å². The van der Waals surface area contributed by atoms with E-state index in [1.807, 2.05) is 4.90 Å². The average Bonchev–Trinajstić information content (AvgIpc) is 3.25. The maximum atomic E-state index is 12.0. The van der Waals surface area contributed by atoms with Gasteiger partial charge in [-0.1, -0.05) is 61.0 Å². The van der Waals surface area contributed by atoms with Crippen LogP contribution in [0.5, 0.6) is 0 Å². The molecule has 5 rings (SSSR count). The number of hydrogen-bond acceptors (Lipinski definition) is 2. The molecule has 0 aromatic heterocycles. The molecule has 3 atom stereocenters. The van der Waals surface area contributed by atoms with Crippen LogP contribution in [0.4, 0.5) is 5.69 Å². The first-order valence-corrected chi connectivity index (χ1v) is 11.8. The third-order valence-electron chi connectivity index (χ3n) is 7.20. The molecule has 1 aliphatic heterocycles. The normalized spacial score (nSPS) is 22.7. The Morgan fingerprint density at radius 1 is 0.935 bits per heavy atom. The Kier molecular flexibility index (Phi) is 5.78. The van der Waals surface area contributed by atoms with Crippen molar-refractivity contribution >= 4 is 22.4 Å². The molecule has 1 amide bonds.